The molecule has 1 aliphatic heterocycles. The van der Waals surface area contributed by atoms with E-state index in [4.69, 9.17) is 9.47 Å². The number of nitrogens with one attached hydrogen (secondary N) is 1. The lowest BCUT2D eigenvalue weighted by Gasteiger charge is -2.25. The molecule has 1 aromatic rings. The Kier molecular flexibility index (Phi) is 5.91. The highest BCUT2D eigenvalue weighted by Gasteiger charge is 2.51. The van der Waals surface area contributed by atoms with Crippen molar-refractivity contribution in [3.63, 3.8) is 0 Å². The van der Waals surface area contributed by atoms with E-state index in [1.165, 1.54) is 0 Å². The summed E-state index contributed by atoms with van der Waals surface area (Å²) < 4.78 is 10.6. The van der Waals surface area contributed by atoms with Crippen LogP contribution in [-0.4, -0.2) is 47.1 Å². The first-order chi connectivity index (χ1) is 13.2. The number of nitrogens with zero attached hydrogens (tertiary/aromatic N) is 1. The van der Waals surface area contributed by atoms with Crippen molar-refractivity contribution in [3.05, 3.63) is 35.9 Å². The molecule has 3 rings (SSSR count). The van der Waals surface area contributed by atoms with Gasteiger partial charge in [0.15, 0.2) is 0 Å². The van der Waals surface area contributed by atoms with Gasteiger partial charge in [0.25, 0.3) is 0 Å². The maximum absolute atomic E-state index is 12.9. The van der Waals surface area contributed by atoms with Gasteiger partial charge in [-0.1, -0.05) is 36.8 Å². The Balaban J connectivity index is 1.59. The van der Waals surface area contributed by atoms with Crippen molar-refractivity contribution >= 4 is 18.0 Å². The third kappa shape index (κ3) is 4.82. The van der Waals surface area contributed by atoms with Gasteiger partial charge in [0, 0.05) is 12.0 Å². The number of carbonyl (C=O) groups excluding carboxylic acids is 3. The second-order valence-electron chi connectivity index (χ2n) is 8.40. The topological polar surface area (TPSA) is 84.9 Å². The number of amides is 2. The molecular weight excluding hydrogens is 360 g/mol. The highest BCUT2D eigenvalue weighted by molar-refractivity contribution is 5.91. The molecule has 0 unspecified atom stereocenters. The number of rotatable bonds is 5. The number of hydrogen-bond donors (Lipinski definition) is 1. The van der Waals surface area contributed by atoms with E-state index in [0.29, 0.717) is 0 Å². The van der Waals surface area contributed by atoms with Crippen LogP contribution in [0.25, 0.3) is 0 Å². The van der Waals surface area contributed by atoms with Crippen LogP contribution in [0.3, 0.4) is 0 Å². The normalized spacial score (nSPS) is 24.0. The quantitative estimate of drug-likeness (QED) is 0.784. The minimum atomic E-state index is -0.654. The lowest BCUT2D eigenvalue weighted by Crippen LogP contribution is -2.45. The van der Waals surface area contributed by atoms with Crippen molar-refractivity contribution in [1.29, 1.82) is 0 Å². The molecule has 1 aromatic carbocycles. The molecule has 0 radical (unpaired) electrons. The highest BCUT2D eigenvalue weighted by Crippen LogP contribution is 2.38. The Bertz CT molecular complexity index is 728. The third-order valence-electron chi connectivity index (χ3n) is 5.11. The Morgan fingerprint density at radius 3 is 2.57 bits per heavy atom. The zero-order valence-corrected chi connectivity index (χ0v) is 16.6. The van der Waals surface area contributed by atoms with Crippen LogP contribution in [0.2, 0.25) is 0 Å². The molecule has 28 heavy (non-hydrogen) atoms. The largest absolute Gasteiger partial charge is 0.459 e. The molecule has 0 bridgehead atoms. The van der Waals surface area contributed by atoms with E-state index in [1.807, 2.05) is 30.3 Å². The molecular formula is C21H28N2O5. The summed E-state index contributed by atoms with van der Waals surface area (Å²) in [5.74, 6) is -0.671. The van der Waals surface area contributed by atoms with E-state index in [9.17, 15) is 14.4 Å². The molecule has 2 amide bonds. The van der Waals surface area contributed by atoms with Crippen molar-refractivity contribution in [2.45, 2.75) is 64.3 Å². The standard InChI is InChI=1S/C21H28N2O5/c1-21(2,3)28-17(24)12-23-16-11-7-10-15(16)18(19(23)25)22-20(26)27-13-14-8-5-4-6-9-14/h4-6,8-9,15-16,18H,7,10-13H2,1-3H3,(H,22,26)/t15-,16-,18-/m0/s1. The van der Waals surface area contributed by atoms with Gasteiger partial charge in [0.1, 0.15) is 24.8 Å². The number of likely N-dealkylation sites (tertiary alicyclic amines) is 1. The summed E-state index contributed by atoms with van der Waals surface area (Å²) in [6.07, 6.45) is 2.01. The molecule has 0 aromatic heterocycles. The monoisotopic (exact) mass is 388 g/mol. The molecule has 152 valence electrons. The number of ether oxygens (including phenoxy) is 2. The Morgan fingerprint density at radius 1 is 1.18 bits per heavy atom. The molecule has 1 heterocycles. The maximum Gasteiger partial charge on any atom is 0.408 e. The van der Waals surface area contributed by atoms with Crippen molar-refractivity contribution in [3.8, 4) is 0 Å². The second kappa shape index (κ2) is 8.20. The van der Waals surface area contributed by atoms with Gasteiger partial charge in [-0.15, -0.1) is 0 Å². The fourth-order valence-corrected chi connectivity index (χ4v) is 4.04. The van der Waals surface area contributed by atoms with Crippen molar-refractivity contribution in [2.75, 3.05) is 6.54 Å². The van der Waals surface area contributed by atoms with Crippen LogP contribution in [0.5, 0.6) is 0 Å². The summed E-state index contributed by atoms with van der Waals surface area (Å²) in [7, 11) is 0. The fourth-order valence-electron chi connectivity index (χ4n) is 4.04. The van der Waals surface area contributed by atoms with Crippen LogP contribution in [0, 0.1) is 5.92 Å². The lowest BCUT2D eigenvalue weighted by atomic mass is 9.99. The molecule has 1 aliphatic carbocycles. The van der Waals surface area contributed by atoms with Gasteiger partial charge in [0.05, 0.1) is 0 Å². The van der Waals surface area contributed by atoms with Crippen LogP contribution < -0.4 is 5.32 Å². The number of alkyl carbamates (subject to hydrolysis) is 1. The zero-order valence-electron chi connectivity index (χ0n) is 16.6. The van der Waals surface area contributed by atoms with Gasteiger partial charge in [-0.3, -0.25) is 9.59 Å². The Hall–Kier alpha value is -2.57. The van der Waals surface area contributed by atoms with E-state index in [0.717, 1.165) is 24.8 Å². The Morgan fingerprint density at radius 2 is 1.89 bits per heavy atom. The average Bonchev–Trinajstić information content (AvgIpc) is 3.18. The van der Waals surface area contributed by atoms with Crippen LogP contribution >= 0.6 is 0 Å². The molecule has 7 nitrogen and oxygen atoms in total. The predicted molar refractivity (Wildman–Crippen MR) is 102 cm³/mol. The second-order valence-corrected chi connectivity index (χ2v) is 8.40. The summed E-state index contributed by atoms with van der Waals surface area (Å²) in [5.41, 5.74) is 0.272. The van der Waals surface area contributed by atoms with Gasteiger partial charge < -0.3 is 19.7 Å². The van der Waals surface area contributed by atoms with E-state index >= 15 is 0 Å². The first kappa shape index (κ1) is 20.2. The summed E-state index contributed by atoms with van der Waals surface area (Å²) in [4.78, 5) is 38.9. The van der Waals surface area contributed by atoms with E-state index < -0.39 is 23.7 Å². The SMILES string of the molecule is CC(C)(C)OC(=O)CN1C(=O)[C@@H](NC(=O)OCc2ccccc2)[C@H]2CCC[C@@H]21. The summed E-state index contributed by atoms with van der Waals surface area (Å²) in [6, 6.07) is 8.66. The van der Waals surface area contributed by atoms with Gasteiger partial charge >= 0.3 is 12.1 Å². The molecule has 1 saturated carbocycles. The van der Waals surface area contributed by atoms with Gasteiger partial charge in [-0.2, -0.15) is 0 Å². The van der Waals surface area contributed by atoms with Crippen LogP contribution in [0.4, 0.5) is 4.79 Å². The van der Waals surface area contributed by atoms with Crippen molar-refractivity contribution < 1.29 is 23.9 Å². The number of benzene rings is 1. The smallest absolute Gasteiger partial charge is 0.408 e. The summed E-state index contributed by atoms with van der Waals surface area (Å²) in [5, 5.41) is 2.72. The minimum absolute atomic E-state index is 0.000730. The highest BCUT2D eigenvalue weighted by atomic mass is 16.6. The molecule has 1 N–H and O–H groups in total. The van der Waals surface area contributed by atoms with E-state index in [2.05, 4.69) is 5.32 Å². The average molecular weight is 388 g/mol. The number of fused-ring (bicyclic) bond motifs is 1. The molecule has 0 spiro atoms. The number of hydrogen-bond acceptors (Lipinski definition) is 5. The molecule has 7 heteroatoms. The van der Waals surface area contributed by atoms with Gasteiger partial charge in [-0.25, -0.2) is 4.79 Å². The van der Waals surface area contributed by atoms with Gasteiger partial charge in [0.2, 0.25) is 5.91 Å². The van der Waals surface area contributed by atoms with Crippen molar-refractivity contribution in [1.82, 2.24) is 10.2 Å². The van der Waals surface area contributed by atoms with Crippen molar-refractivity contribution in [2.24, 2.45) is 5.92 Å². The van der Waals surface area contributed by atoms with Crippen LogP contribution in [0.1, 0.15) is 45.6 Å². The third-order valence-corrected chi connectivity index (χ3v) is 5.11. The fraction of sp³-hybridized carbons (Fsp3) is 0.571. The van der Waals surface area contributed by atoms with Crippen LogP contribution in [0.15, 0.2) is 30.3 Å². The first-order valence-electron chi connectivity index (χ1n) is 9.74. The predicted octanol–water partition coefficient (Wildman–Crippen LogP) is 2.63. The molecule has 2 aliphatic rings. The molecule has 1 saturated heterocycles. The minimum Gasteiger partial charge on any atom is -0.459 e. The number of esters is 1. The summed E-state index contributed by atoms with van der Waals surface area (Å²) >= 11 is 0. The van der Waals surface area contributed by atoms with Gasteiger partial charge in [-0.05, 0) is 39.2 Å². The van der Waals surface area contributed by atoms with E-state index in [-0.39, 0.29) is 31.0 Å². The number of carbonyl (C=O) groups is 3. The summed E-state index contributed by atoms with van der Waals surface area (Å²) in [6.45, 7) is 5.43. The Labute approximate surface area is 165 Å². The molecule has 3 atom stereocenters. The first-order valence-corrected chi connectivity index (χ1v) is 9.74. The van der Waals surface area contributed by atoms with E-state index in [1.54, 1.807) is 25.7 Å². The lowest BCUT2D eigenvalue weighted by molar-refractivity contribution is -0.158. The molecule has 2 fully saturated rings. The zero-order chi connectivity index (χ0) is 20.3. The maximum atomic E-state index is 12.9. The van der Waals surface area contributed by atoms with Crippen LogP contribution in [-0.2, 0) is 25.7 Å².